The number of nitrogens with zero attached hydrogens (tertiary/aromatic N) is 1. The Morgan fingerprint density at radius 3 is 2.65 bits per heavy atom. The van der Waals surface area contributed by atoms with Gasteiger partial charge in [-0.15, -0.1) is 0 Å². The molecular formula is C15H16BrN3O3S. The molecule has 0 spiro atoms. The first kappa shape index (κ1) is 16.2. The molecule has 1 aromatic carbocycles. The number of carbonyl (C=O) groups excluding carboxylic acids is 1. The third-order valence-corrected chi connectivity index (χ3v) is 6.31. The summed E-state index contributed by atoms with van der Waals surface area (Å²) in [6.07, 6.45) is 0.425. The molecule has 2 heterocycles. The molecule has 8 heteroatoms. The highest BCUT2D eigenvalue weighted by Crippen LogP contribution is 2.24. The molecule has 2 aromatic rings. The molecule has 6 nitrogen and oxygen atoms in total. The Balaban J connectivity index is 1.75. The summed E-state index contributed by atoms with van der Waals surface area (Å²) in [5.41, 5.74) is 1.14. The van der Waals surface area contributed by atoms with E-state index in [9.17, 15) is 13.2 Å². The summed E-state index contributed by atoms with van der Waals surface area (Å²) in [5.74, 6) is -0.267. The van der Waals surface area contributed by atoms with E-state index >= 15 is 0 Å². The second-order valence-corrected chi connectivity index (χ2v) is 9.13. The number of aromatic amines is 1. The number of nitrogens with one attached hydrogen (secondary N) is 2. The summed E-state index contributed by atoms with van der Waals surface area (Å²) >= 11 is 3.37. The van der Waals surface area contributed by atoms with E-state index in [4.69, 9.17) is 0 Å². The second kappa shape index (κ2) is 5.76. The maximum atomic E-state index is 12.3. The topological polar surface area (TPSA) is 91.9 Å². The van der Waals surface area contributed by atoms with Gasteiger partial charge in [0.05, 0.1) is 22.7 Å². The Bertz CT molecular complexity index is 845. The summed E-state index contributed by atoms with van der Waals surface area (Å²) in [4.78, 5) is 12.3. The lowest BCUT2D eigenvalue weighted by Gasteiger charge is -2.23. The minimum Gasteiger partial charge on any atom is -0.345 e. The highest BCUT2D eigenvalue weighted by Gasteiger charge is 2.39. The van der Waals surface area contributed by atoms with Crippen LogP contribution >= 0.6 is 15.9 Å². The van der Waals surface area contributed by atoms with Gasteiger partial charge in [0.25, 0.3) is 5.91 Å². The van der Waals surface area contributed by atoms with Crippen LogP contribution in [-0.2, 0) is 9.84 Å². The van der Waals surface area contributed by atoms with Gasteiger partial charge in [0.1, 0.15) is 5.69 Å². The lowest BCUT2D eigenvalue weighted by atomic mass is 10.0. The number of sulfone groups is 1. The number of benzene rings is 1. The smallest absolute Gasteiger partial charge is 0.269 e. The van der Waals surface area contributed by atoms with Crippen LogP contribution in [0.25, 0.3) is 11.3 Å². The van der Waals surface area contributed by atoms with Gasteiger partial charge in [-0.1, -0.05) is 28.1 Å². The van der Waals surface area contributed by atoms with E-state index in [1.54, 1.807) is 13.0 Å². The third kappa shape index (κ3) is 3.64. The van der Waals surface area contributed by atoms with Crippen molar-refractivity contribution in [2.75, 3.05) is 11.5 Å². The molecule has 2 N–H and O–H groups in total. The predicted octanol–water partition coefficient (Wildman–Crippen LogP) is 2.15. The molecule has 1 unspecified atom stereocenters. The third-order valence-electron chi connectivity index (χ3n) is 3.88. The zero-order chi connectivity index (χ0) is 16.7. The minimum atomic E-state index is -3.07. The first-order chi connectivity index (χ1) is 10.8. The van der Waals surface area contributed by atoms with Crippen molar-refractivity contribution in [2.24, 2.45) is 0 Å². The fourth-order valence-corrected chi connectivity index (χ4v) is 5.01. The van der Waals surface area contributed by atoms with Crippen LogP contribution in [0.4, 0.5) is 0 Å². The van der Waals surface area contributed by atoms with Crippen LogP contribution in [0.2, 0.25) is 0 Å². The highest BCUT2D eigenvalue weighted by molar-refractivity contribution is 9.10. The molecule has 0 saturated carbocycles. The molecule has 3 rings (SSSR count). The van der Waals surface area contributed by atoms with Crippen LogP contribution in [-0.4, -0.2) is 41.6 Å². The van der Waals surface area contributed by atoms with E-state index < -0.39 is 15.4 Å². The van der Waals surface area contributed by atoms with E-state index in [1.807, 2.05) is 24.3 Å². The van der Waals surface area contributed by atoms with Gasteiger partial charge in [-0.2, -0.15) is 5.10 Å². The summed E-state index contributed by atoms with van der Waals surface area (Å²) in [5, 5.41) is 9.66. The average molecular weight is 398 g/mol. The fourth-order valence-electron chi connectivity index (χ4n) is 2.66. The monoisotopic (exact) mass is 397 g/mol. The summed E-state index contributed by atoms with van der Waals surface area (Å²) in [6.45, 7) is 1.75. The first-order valence-electron chi connectivity index (χ1n) is 7.11. The molecule has 1 aliphatic rings. The minimum absolute atomic E-state index is 0.0283. The molecule has 0 bridgehead atoms. The zero-order valence-corrected chi connectivity index (χ0v) is 14.9. The number of halogens is 1. The maximum absolute atomic E-state index is 12.3. The molecule has 1 amide bonds. The lowest BCUT2D eigenvalue weighted by molar-refractivity contribution is 0.0910. The Labute approximate surface area is 142 Å². The predicted molar refractivity (Wildman–Crippen MR) is 90.9 cm³/mol. The molecule has 0 radical (unpaired) electrons. The van der Waals surface area contributed by atoms with Crippen molar-refractivity contribution >= 4 is 31.7 Å². The van der Waals surface area contributed by atoms with Crippen LogP contribution < -0.4 is 5.32 Å². The number of rotatable bonds is 3. The van der Waals surface area contributed by atoms with Crippen LogP contribution in [0, 0.1) is 0 Å². The number of H-pyrrole nitrogens is 1. The number of aromatic nitrogens is 2. The number of hydrogen-bond donors (Lipinski definition) is 2. The first-order valence-corrected chi connectivity index (χ1v) is 9.72. The van der Waals surface area contributed by atoms with Crippen LogP contribution in [0.1, 0.15) is 23.8 Å². The lowest BCUT2D eigenvalue weighted by Crippen LogP contribution is -2.47. The van der Waals surface area contributed by atoms with Gasteiger partial charge in [0.2, 0.25) is 0 Å². The standard InChI is InChI=1S/C15H16BrN3O3S/c1-15(6-7-23(21,22)9-15)17-14(20)13-8-12(18-19-13)10-2-4-11(16)5-3-10/h2-5,8H,6-7,9H2,1H3,(H,17,20)(H,18,19). The Hall–Kier alpha value is -1.67. The van der Waals surface area contributed by atoms with Crippen molar-refractivity contribution in [3.63, 3.8) is 0 Å². The number of amides is 1. The van der Waals surface area contributed by atoms with Gasteiger partial charge in [-0.3, -0.25) is 9.89 Å². The summed E-state index contributed by atoms with van der Waals surface area (Å²) < 4.78 is 24.2. The molecule has 23 heavy (non-hydrogen) atoms. The van der Waals surface area contributed by atoms with Crippen molar-refractivity contribution in [3.8, 4) is 11.3 Å². The van der Waals surface area contributed by atoms with E-state index in [1.165, 1.54) is 0 Å². The van der Waals surface area contributed by atoms with Gasteiger partial charge in [-0.25, -0.2) is 8.42 Å². The van der Waals surface area contributed by atoms with Crippen molar-refractivity contribution < 1.29 is 13.2 Å². The Kier molecular flexibility index (Phi) is 4.05. The van der Waals surface area contributed by atoms with E-state index in [2.05, 4.69) is 31.4 Å². The van der Waals surface area contributed by atoms with Crippen molar-refractivity contribution in [1.29, 1.82) is 0 Å². The number of carbonyl (C=O) groups is 1. The van der Waals surface area contributed by atoms with Crippen molar-refractivity contribution in [2.45, 2.75) is 18.9 Å². The average Bonchev–Trinajstić information content (AvgIpc) is 3.05. The molecule has 1 aliphatic heterocycles. The Morgan fingerprint density at radius 1 is 1.35 bits per heavy atom. The number of hydrogen-bond acceptors (Lipinski definition) is 4. The molecule has 1 saturated heterocycles. The van der Waals surface area contributed by atoms with E-state index in [0.29, 0.717) is 17.8 Å². The largest absolute Gasteiger partial charge is 0.345 e. The highest BCUT2D eigenvalue weighted by atomic mass is 79.9. The van der Waals surface area contributed by atoms with Gasteiger partial charge in [-0.05, 0) is 31.5 Å². The van der Waals surface area contributed by atoms with E-state index in [-0.39, 0.29) is 17.4 Å². The second-order valence-electron chi connectivity index (χ2n) is 6.03. The van der Waals surface area contributed by atoms with Gasteiger partial charge in [0.15, 0.2) is 9.84 Å². The van der Waals surface area contributed by atoms with Crippen LogP contribution in [0.3, 0.4) is 0 Å². The fraction of sp³-hybridized carbons (Fsp3) is 0.333. The maximum Gasteiger partial charge on any atom is 0.269 e. The zero-order valence-electron chi connectivity index (χ0n) is 12.5. The molecule has 0 aliphatic carbocycles. The SMILES string of the molecule is CC1(NC(=O)c2cc(-c3ccc(Br)cc3)n[nH]2)CCS(=O)(=O)C1. The van der Waals surface area contributed by atoms with Crippen molar-refractivity contribution in [3.05, 3.63) is 40.5 Å². The van der Waals surface area contributed by atoms with Crippen LogP contribution in [0.5, 0.6) is 0 Å². The Morgan fingerprint density at radius 2 is 2.04 bits per heavy atom. The van der Waals surface area contributed by atoms with Gasteiger partial charge < -0.3 is 5.32 Å². The van der Waals surface area contributed by atoms with Gasteiger partial charge >= 0.3 is 0 Å². The van der Waals surface area contributed by atoms with E-state index in [0.717, 1.165) is 10.0 Å². The molecule has 1 fully saturated rings. The molecule has 1 atom stereocenters. The molecule has 122 valence electrons. The summed E-state index contributed by atoms with van der Waals surface area (Å²) in [7, 11) is -3.07. The quantitative estimate of drug-likeness (QED) is 0.829. The molecule has 1 aromatic heterocycles. The normalized spacial score (nSPS) is 22.9. The molecular weight excluding hydrogens is 382 g/mol. The van der Waals surface area contributed by atoms with Gasteiger partial charge in [0, 0.05) is 10.0 Å². The van der Waals surface area contributed by atoms with Crippen LogP contribution in [0.15, 0.2) is 34.8 Å². The summed E-state index contributed by atoms with van der Waals surface area (Å²) in [6, 6.07) is 9.24. The van der Waals surface area contributed by atoms with Crippen molar-refractivity contribution in [1.82, 2.24) is 15.5 Å².